The third-order valence-corrected chi connectivity index (χ3v) is 3.28. The number of carbonyl (C=O) groups is 2. The van der Waals surface area contributed by atoms with Crippen LogP contribution in [0.3, 0.4) is 0 Å². The summed E-state index contributed by atoms with van der Waals surface area (Å²) in [6.07, 6.45) is 1.57. The topological polar surface area (TPSA) is 93.5 Å². The number of ether oxygens (including phenoxy) is 1. The molecule has 1 rings (SSSR count). The highest BCUT2D eigenvalue weighted by Gasteiger charge is 2.15. The maximum Gasteiger partial charge on any atom is 0.238 e. The van der Waals surface area contributed by atoms with Gasteiger partial charge in [0.25, 0.3) is 0 Å². The number of anilines is 2. The summed E-state index contributed by atoms with van der Waals surface area (Å²) in [6, 6.07) is 5.08. The second-order valence-electron chi connectivity index (χ2n) is 4.67. The normalized spacial score (nSPS) is 10.3. The second kappa shape index (κ2) is 8.26. The largest absolute Gasteiger partial charge is 0.495 e. The molecule has 0 saturated carbocycles. The van der Waals surface area contributed by atoms with Crippen molar-refractivity contribution in [3.63, 3.8) is 0 Å². The zero-order chi connectivity index (χ0) is 15.8. The van der Waals surface area contributed by atoms with E-state index in [4.69, 9.17) is 10.5 Å². The van der Waals surface area contributed by atoms with Gasteiger partial charge in [0, 0.05) is 11.6 Å². The second-order valence-corrected chi connectivity index (χ2v) is 4.67. The van der Waals surface area contributed by atoms with Gasteiger partial charge in [-0.05, 0) is 31.0 Å². The van der Waals surface area contributed by atoms with E-state index in [1.807, 2.05) is 13.8 Å². The average Bonchev–Trinajstić information content (AvgIpc) is 2.48. The number of nitrogens with two attached hydrogens (primary N) is 1. The van der Waals surface area contributed by atoms with Crippen molar-refractivity contribution in [1.82, 2.24) is 0 Å². The van der Waals surface area contributed by atoms with Gasteiger partial charge in [-0.15, -0.1) is 0 Å². The van der Waals surface area contributed by atoms with Crippen molar-refractivity contribution in [2.45, 2.75) is 26.7 Å². The molecule has 1 aromatic carbocycles. The molecule has 0 spiro atoms. The molecule has 0 aromatic heterocycles. The number of benzene rings is 1. The Morgan fingerprint density at radius 3 is 2.43 bits per heavy atom. The maximum atomic E-state index is 12.1. The van der Waals surface area contributed by atoms with Crippen LogP contribution >= 0.6 is 0 Å². The van der Waals surface area contributed by atoms with Crippen molar-refractivity contribution in [2.24, 2.45) is 11.7 Å². The first-order valence-electron chi connectivity index (χ1n) is 7.04. The molecule has 0 fully saturated rings. The van der Waals surface area contributed by atoms with Gasteiger partial charge in [0.05, 0.1) is 19.3 Å². The van der Waals surface area contributed by atoms with Crippen molar-refractivity contribution in [1.29, 1.82) is 0 Å². The quantitative estimate of drug-likeness (QED) is 0.716. The zero-order valence-electron chi connectivity index (χ0n) is 12.7. The minimum Gasteiger partial charge on any atom is -0.495 e. The molecule has 0 aliphatic carbocycles. The van der Waals surface area contributed by atoms with Gasteiger partial charge in [0.2, 0.25) is 11.8 Å². The first-order valence-corrected chi connectivity index (χ1v) is 7.04. The van der Waals surface area contributed by atoms with E-state index in [1.165, 1.54) is 7.11 Å². The molecule has 0 saturated heterocycles. The molecular formula is C15H23N3O3. The Morgan fingerprint density at radius 1 is 1.24 bits per heavy atom. The SMILES string of the molecule is CCC(CC)C(=O)Nc1ccc(OC)c(NC(=O)CN)c1. The van der Waals surface area contributed by atoms with E-state index in [-0.39, 0.29) is 24.3 Å². The summed E-state index contributed by atoms with van der Waals surface area (Å²) in [7, 11) is 1.51. The van der Waals surface area contributed by atoms with Crippen LogP contribution in [0.1, 0.15) is 26.7 Å². The van der Waals surface area contributed by atoms with Crippen LogP contribution in [-0.2, 0) is 9.59 Å². The maximum absolute atomic E-state index is 12.1. The highest BCUT2D eigenvalue weighted by atomic mass is 16.5. The van der Waals surface area contributed by atoms with Gasteiger partial charge in [0.15, 0.2) is 0 Å². The van der Waals surface area contributed by atoms with Gasteiger partial charge in [-0.25, -0.2) is 0 Å². The Kier molecular flexibility index (Phi) is 6.68. The monoisotopic (exact) mass is 293 g/mol. The van der Waals surface area contributed by atoms with E-state index < -0.39 is 0 Å². The van der Waals surface area contributed by atoms with E-state index in [9.17, 15) is 9.59 Å². The standard InChI is InChI=1S/C15H23N3O3/c1-4-10(5-2)15(20)17-11-6-7-13(21-3)12(8-11)18-14(19)9-16/h6-8,10H,4-5,9,16H2,1-3H3,(H,17,20)(H,18,19). The lowest BCUT2D eigenvalue weighted by atomic mass is 10.0. The van der Waals surface area contributed by atoms with Crippen LogP contribution in [0.2, 0.25) is 0 Å². The fourth-order valence-corrected chi connectivity index (χ4v) is 1.99. The van der Waals surface area contributed by atoms with Gasteiger partial charge < -0.3 is 21.1 Å². The highest BCUT2D eigenvalue weighted by Crippen LogP contribution is 2.28. The van der Waals surface area contributed by atoms with Gasteiger partial charge in [-0.3, -0.25) is 9.59 Å². The summed E-state index contributed by atoms with van der Waals surface area (Å²) in [5.41, 5.74) is 6.38. The number of hydrogen-bond acceptors (Lipinski definition) is 4. The lowest BCUT2D eigenvalue weighted by molar-refractivity contribution is -0.120. The predicted molar refractivity (Wildman–Crippen MR) is 83.4 cm³/mol. The van der Waals surface area contributed by atoms with Crippen LogP contribution in [0, 0.1) is 5.92 Å². The molecule has 4 N–H and O–H groups in total. The summed E-state index contributed by atoms with van der Waals surface area (Å²) in [5.74, 6) is 0.143. The Labute approximate surface area is 125 Å². The Hall–Kier alpha value is -2.08. The molecular weight excluding hydrogens is 270 g/mol. The third kappa shape index (κ3) is 4.75. The molecule has 1 aromatic rings. The lowest BCUT2D eigenvalue weighted by Crippen LogP contribution is -2.23. The summed E-state index contributed by atoms with van der Waals surface area (Å²) >= 11 is 0. The van der Waals surface area contributed by atoms with E-state index in [2.05, 4.69) is 10.6 Å². The number of amides is 2. The van der Waals surface area contributed by atoms with E-state index in [0.29, 0.717) is 17.1 Å². The van der Waals surface area contributed by atoms with Crippen molar-refractivity contribution < 1.29 is 14.3 Å². The number of methoxy groups -OCH3 is 1. The smallest absolute Gasteiger partial charge is 0.238 e. The molecule has 0 bridgehead atoms. The zero-order valence-corrected chi connectivity index (χ0v) is 12.7. The van der Waals surface area contributed by atoms with E-state index >= 15 is 0 Å². The van der Waals surface area contributed by atoms with Crippen LogP contribution in [0.25, 0.3) is 0 Å². The minimum atomic E-state index is -0.322. The lowest BCUT2D eigenvalue weighted by Gasteiger charge is -2.15. The molecule has 21 heavy (non-hydrogen) atoms. The van der Waals surface area contributed by atoms with Gasteiger partial charge in [0.1, 0.15) is 5.75 Å². The summed E-state index contributed by atoms with van der Waals surface area (Å²) in [4.78, 5) is 23.5. The molecule has 116 valence electrons. The number of carbonyl (C=O) groups excluding carboxylic acids is 2. The van der Waals surface area contributed by atoms with Gasteiger partial charge in [-0.1, -0.05) is 13.8 Å². The minimum absolute atomic E-state index is 0.0193. The molecule has 0 radical (unpaired) electrons. The fourth-order valence-electron chi connectivity index (χ4n) is 1.99. The first-order chi connectivity index (χ1) is 10.0. The summed E-state index contributed by atoms with van der Waals surface area (Å²) in [5, 5.41) is 5.49. The molecule has 6 heteroatoms. The van der Waals surface area contributed by atoms with Crippen molar-refractivity contribution in [2.75, 3.05) is 24.3 Å². The van der Waals surface area contributed by atoms with Crippen molar-refractivity contribution >= 4 is 23.2 Å². The highest BCUT2D eigenvalue weighted by molar-refractivity contribution is 5.96. The predicted octanol–water partition coefficient (Wildman–Crippen LogP) is 1.97. The van der Waals surface area contributed by atoms with Crippen LogP contribution in [0.5, 0.6) is 5.75 Å². The number of rotatable bonds is 7. The number of hydrogen-bond donors (Lipinski definition) is 3. The van der Waals surface area contributed by atoms with Crippen LogP contribution < -0.4 is 21.1 Å². The van der Waals surface area contributed by atoms with Crippen molar-refractivity contribution in [3.05, 3.63) is 18.2 Å². The molecule has 0 unspecified atom stereocenters. The first kappa shape index (κ1) is 17.0. The molecule has 0 aliphatic heterocycles. The van der Waals surface area contributed by atoms with E-state index in [1.54, 1.807) is 18.2 Å². The molecule has 2 amide bonds. The van der Waals surface area contributed by atoms with E-state index in [0.717, 1.165) is 12.8 Å². The Morgan fingerprint density at radius 2 is 1.90 bits per heavy atom. The number of nitrogens with one attached hydrogen (secondary N) is 2. The van der Waals surface area contributed by atoms with Crippen LogP contribution in [0.4, 0.5) is 11.4 Å². The summed E-state index contributed by atoms with van der Waals surface area (Å²) in [6.45, 7) is 3.84. The average molecular weight is 293 g/mol. The van der Waals surface area contributed by atoms with Crippen LogP contribution in [-0.4, -0.2) is 25.5 Å². The van der Waals surface area contributed by atoms with Crippen LogP contribution in [0.15, 0.2) is 18.2 Å². The molecule has 0 atom stereocenters. The molecule has 0 heterocycles. The molecule has 6 nitrogen and oxygen atoms in total. The fraction of sp³-hybridized carbons (Fsp3) is 0.467. The van der Waals surface area contributed by atoms with Crippen molar-refractivity contribution in [3.8, 4) is 5.75 Å². The molecule has 0 aliphatic rings. The van der Waals surface area contributed by atoms with Gasteiger partial charge in [-0.2, -0.15) is 0 Å². The Bertz CT molecular complexity index is 499. The third-order valence-electron chi connectivity index (χ3n) is 3.28. The Balaban J connectivity index is 2.91. The summed E-state index contributed by atoms with van der Waals surface area (Å²) < 4.78 is 5.17. The van der Waals surface area contributed by atoms with Gasteiger partial charge >= 0.3 is 0 Å².